The van der Waals surface area contributed by atoms with Gasteiger partial charge in [-0.1, -0.05) is 50.5 Å². The van der Waals surface area contributed by atoms with E-state index >= 15 is 0 Å². The van der Waals surface area contributed by atoms with Gasteiger partial charge in [-0.05, 0) is 106 Å². The van der Waals surface area contributed by atoms with E-state index in [-0.39, 0.29) is 5.82 Å². The molecule has 0 amide bonds. The highest BCUT2D eigenvalue weighted by Crippen LogP contribution is 2.44. The summed E-state index contributed by atoms with van der Waals surface area (Å²) in [6, 6.07) is 5.82. The minimum Gasteiger partial charge on any atom is -0.377 e. The van der Waals surface area contributed by atoms with Crippen LogP contribution < -0.4 is 0 Å². The number of ether oxygens (including phenoxy) is 1. The Hall–Kier alpha value is -1.15. The average Bonchev–Trinajstić information content (AvgIpc) is 2.78. The van der Waals surface area contributed by atoms with Gasteiger partial charge in [-0.25, -0.2) is 4.39 Å². The molecular formula is C28H43FO. The van der Waals surface area contributed by atoms with E-state index in [0.29, 0.717) is 12.5 Å². The fraction of sp³-hybridized carbons (Fsp3) is 0.714. The van der Waals surface area contributed by atoms with E-state index in [1.165, 1.54) is 51.4 Å². The lowest BCUT2D eigenvalue weighted by Gasteiger charge is -2.38. The summed E-state index contributed by atoms with van der Waals surface area (Å²) in [7, 11) is 0. The number of benzene rings is 1. The van der Waals surface area contributed by atoms with Gasteiger partial charge in [0.05, 0.1) is 6.61 Å². The molecule has 0 N–H and O–H groups in total. The Morgan fingerprint density at radius 2 is 1.70 bits per heavy atom. The third kappa shape index (κ3) is 6.94. The molecule has 1 aromatic carbocycles. The summed E-state index contributed by atoms with van der Waals surface area (Å²) in [5.41, 5.74) is 1.91. The number of halogens is 1. The predicted molar refractivity (Wildman–Crippen MR) is 125 cm³/mol. The first kappa shape index (κ1) is 23.5. The van der Waals surface area contributed by atoms with Gasteiger partial charge in [0, 0.05) is 6.61 Å². The lowest BCUT2D eigenvalue weighted by molar-refractivity contribution is 0.118. The van der Waals surface area contributed by atoms with Crippen molar-refractivity contribution < 1.29 is 9.13 Å². The van der Waals surface area contributed by atoms with Crippen LogP contribution in [0.15, 0.2) is 30.4 Å². The van der Waals surface area contributed by atoms with Gasteiger partial charge in [0.2, 0.25) is 0 Å². The van der Waals surface area contributed by atoms with Crippen LogP contribution in [0.1, 0.15) is 108 Å². The van der Waals surface area contributed by atoms with Crippen LogP contribution in [0.3, 0.4) is 0 Å². The predicted octanol–water partition coefficient (Wildman–Crippen LogP) is 8.58. The van der Waals surface area contributed by atoms with E-state index in [1.807, 2.05) is 6.07 Å². The monoisotopic (exact) mass is 414 g/mol. The van der Waals surface area contributed by atoms with Crippen molar-refractivity contribution >= 4 is 0 Å². The van der Waals surface area contributed by atoms with Crippen LogP contribution in [0.2, 0.25) is 0 Å². The summed E-state index contributed by atoms with van der Waals surface area (Å²) in [5.74, 6) is 3.15. The van der Waals surface area contributed by atoms with Crippen LogP contribution in [-0.4, -0.2) is 6.61 Å². The van der Waals surface area contributed by atoms with Crippen molar-refractivity contribution in [2.24, 2.45) is 17.8 Å². The molecule has 2 aliphatic rings. The maximum atomic E-state index is 14.8. The highest BCUT2D eigenvalue weighted by molar-refractivity contribution is 5.27. The zero-order valence-corrected chi connectivity index (χ0v) is 19.4. The number of allylic oxidation sites excluding steroid dienone is 2. The van der Waals surface area contributed by atoms with Gasteiger partial charge in [0.1, 0.15) is 5.82 Å². The molecule has 0 bridgehead atoms. The molecular weight excluding hydrogens is 371 g/mol. The summed E-state index contributed by atoms with van der Waals surface area (Å²) >= 11 is 0. The van der Waals surface area contributed by atoms with Gasteiger partial charge in [0.25, 0.3) is 0 Å². The fourth-order valence-corrected chi connectivity index (χ4v) is 5.78. The average molecular weight is 415 g/mol. The molecule has 0 heterocycles. The van der Waals surface area contributed by atoms with E-state index in [2.05, 4.69) is 32.1 Å². The minimum atomic E-state index is -0.0170. The Balaban J connectivity index is 1.42. The summed E-state index contributed by atoms with van der Waals surface area (Å²) in [6.07, 6.45) is 20.0. The lowest BCUT2D eigenvalue weighted by Crippen LogP contribution is -2.25. The molecule has 0 aromatic heterocycles. The van der Waals surface area contributed by atoms with Gasteiger partial charge in [-0.2, -0.15) is 0 Å². The van der Waals surface area contributed by atoms with Crippen LogP contribution in [0.25, 0.3) is 0 Å². The Bertz CT molecular complexity index is 636. The first-order chi connectivity index (χ1) is 14.7. The summed E-state index contributed by atoms with van der Waals surface area (Å²) in [6.45, 7) is 5.57. The number of rotatable bonds is 10. The van der Waals surface area contributed by atoms with Gasteiger partial charge in [-0.15, -0.1) is 0 Å². The van der Waals surface area contributed by atoms with E-state index in [0.717, 1.165) is 61.2 Å². The van der Waals surface area contributed by atoms with Crippen LogP contribution in [0.5, 0.6) is 0 Å². The molecule has 2 saturated carbocycles. The zero-order chi connectivity index (χ0) is 21.2. The quantitative estimate of drug-likeness (QED) is 0.275. The van der Waals surface area contributed by atoms with Gasteiger partial charge in [0.15, 0.2) is 0 Å². The molecule has 1 aromatic rings. The first-order valence-corrected chi connectivity index (χ1v) is 12.7. The lowest BCUT2D eigenvalue weighted by atomic mass is 9.68. The molecule has 168 valence electrons. The van der Waals surface area contributed by atoms with Crippen molar-refractivity contribution in [2.75, 3.05) is 6.61 Å². The van der Waals surface area contributed by atoms with Crippen molar-refractivity contribution in [1.29, 1.82) is 0 Å². The molecule has 1 nitrogen and oxygen atoms in total. The van der Waals surface area contributed by atoms with Crippen molar-refractivity contribution in [2.45, 2.75) is 103 Å². The second-order valence-electron chi connectivity index (χ2n) is 9.80. The van der Waals surface area contributed by atoms with E-state index in [4.69, 9.17) is 4.74 Å². The topological polar surface area (TPSA) is 9.23 Å². The van der Waals surface area contributed by atoms with Crippen molar-refractivity contribution in [3.05, 3.63) is 47.3 Å². The van der Waals surface area contributed by atoms with E-state index < -0.39 is 0 Å². The molecule has 0 spiro atoms. The van der Waals surface area contributed by atoms with Crippen molar-refractivity contribution in [3.63, 3.8) is 0 Å². The molecule has 0 saturated heterocycles. The largest absolute Gasteiger partial charge is 0.377 e. The zero-order valence-electron chi connectivity index (χ0n) is 19.4. The molecule has 3 rings (SSSR count). The molecule has 30 heavy (non-hydrogen) atoms. The molecule has 2 aliphatic carbocycles. The Morgan fingerprint density at radius 3 is 2.33 bits per heavy atom. The maximum Gasteiger partial charge on any atom is 0.127 e. The van der Waals surface area contributed by atoms with Crippen molar-refractivity contribution in [1.82, 2.24) is 0 Å². The second kappa shape index (κ2) is 12.6. The Kier molecular flexibility index (Phi) is 9.91. The van der Waals surface area contributed by atoms with Gasteiger partial charge >= 0.3 is 0 Å². The Labute approximate surface area is 184 Å². The number of hydrogen-bond acceptors (Lipinski definition) is 1. The smallest absolute Gasteiger partial charge is 0.127 e. The highest BCUT2D eigenvalue weighted by Gasteiger charge is 2.31. The standard InChI is InChI=1S/C28H43FO/c1-3-5-7-8-22-9-12-24(13-10-22)25-14-16-26(17-15-25)27-18-11-23(20-28(27)29)21-30-19-6-4-2/h3,5,11,18,20,22,24-26H,4,6-10,12-17,19,21H2,1-2H3. The molecule has 0 aliphatic heterocycles. The second-order valence-corrected chi connectivity index (χ2v) is 9.80. The van der Waals surface area contributed by atoms with Crippen LogP contribution in [0.4, 0.5) is 4.39 Å². The SMILES string of the molecule is CC=CCCC1CCC(C2CCC(c3ccc(COCCCC)cc3F)CC2)CC1. The van der Waals surface area contributed by atoms with Crippen molar-refractivity contribution in [3.8, 4) is 0 Å². The molecule has 0 atom stereocenters. The van der Waals surface area contributed by atoms with Crippen LogP contribution in [-0.2, 0) is 11.3 Å². The third-order valence-electron chi connectivity index (χ3n) is 7.72. The number of hydrogen-bond donors (Lipinski definition) is 0. The number of unbranched alkanes of at least 4 members (excludes halogenated alkanes) is 1. The molecule has 0 unspecified atom stereocenters. The molecule has 0 radical (unpaired) electrons. The van der Waals surface area contributed by atoms with Gasteiger partial charge in [-0.3, -0.25) is 0 Å². The summed E-state index contributed by atoms with van der Waals surface area (Å²) in [5, 5.41) is 0. The highest BCUT2D eigenvalue weighted by atomic mass is 19.1. The van der Waals surface area contributed by atoms with E-state index in [9.17, 15) is 4.39 Å². The fourth-order valence-electron chi connectivity index (χ4n) is 5.78. The van der Waals surface area contributed by atoms with Crippen LogP contribution in [0, 0.1) is 23.6 Å². The summed E-state index contributed by atoms with van der Waals surface area (Å²) < 4.78 is 20.4. The third-order valence-corrected chi connectivity index (χ3v) is 7.72. The summed E-state index contributed by atoms with van der Waals surface area (Å²) in [4.78, 5) is 0. The molecule has 2 fully saturated rings. The Morgan fingerprint density at radius 1 is 1.00 bits per heavy atom. The van der Waals surface area contributed by atoms with Gasteiger partial charge < -0.3 is 4.74 Å². The molecule has 2 heteroatoms. The van der Waals surface area contributed by atoms with Crippen LogP contribution >= 0.6 is 0 Å². The maximum absolute atomic E-state index is 14.8. The normalized spacial score (nSPS) is 27.6. The minimum absolute atomic E-state index is 0.0170. The first-order valence-electron chi connectivity index (χ1n) is 12.7. The van der Waals surface area contributed by atoms with E-state index in [1.54, 1.807) is 6.07 Å².